The fourth-order valence-electron chi connectivity index (χ4n) is 3.80. The third-order valence-electron chi connectivity index (χ3n) is 5.44. The number of halogens is 2. The Hall–Kier alpha value is -3.68. The highest BCUT2D eigenvalue weighted by molar-refractivity contribution is 6.33. The number of imidazole rings is 1. The fraction of sp³-hybridized carbons (Fsp3) is 0.120. The van der Waals surface area contributed by atoms with E-state index in [9.17, 15) is 4.79 Å². The highest BCUT2D eigenvalue weighted by Gasteiger charge is 2.19. The quantitative estimate of drug-likeness (QED) is 0.334. The first kappa shape index (κ1) is 22.1. The molecule has 2 aromatic carbocycles. The third-order valence-corrected chi connectivity index (χ3v) is 6.02. The molecule has 5 aromatic rings. The first-order valence-corrected chi connectivity index (χ1v) is 11.3. The van der Waals surface area contributed by atoms with Crippen molar-refractivity contribution in [2.24, 2.45) is 0 Å². The first-order valence-electron chi connectivity index (χ1n) is 10.5. The summed E-state index contributed by atoms with van der Waals surface area (Å²) in [5.74, 6) is -0.149. The molecule has 34 heavy (non-hydrogen) atoms. The van der Waals surface area contributed by atoms with Crippen molar-refractivity contribution >= 4 is 34.8 Å². The van der Waals surface area contributed by atoms with Crippen LogP contribution in [-0.4, -0.2) is 49.3 Å². The number of pyridine rings is 1. The monoisotopic (exact) mass is 490 g/mol. The minimum Gasteiger partial charge on any atom is -0.345 e. The molecule has 0 atom stereocenters. The minimum absolute atomic E-state index is 0.149. The molecule has 0 radical (unpaired) electrons. The van der Waals surface area contributed by atoms with E-state index in [1.54, 1.807) is 30.9 Å². The van der Waals surface area contributed by atoms with Gasteiger partial charge in [-0.15, -0.1) is 5.10 Å². The van der Waals surface area contributed by atoms with Gasteiger partial charge in [-0.05, 0) is 42.0 Å². The van der Waals surface area contributed by atoms with Gasteiger partial charge in [-0.1, -0.05) is 52.7 Å². The summed E-state index contributed by atoms with van der Waals surface area (Å²) >= 11 is 12.3. The van der Waals surface area contributed by atoms with Gasteiger partial charge >= 0.3 is 0 Å². The van der Waals surface area contributed by atoms with Crippen molar-refractivity contribution in [3.8, 4) is 22.6 Å². The maximum atomic E-state index is 12.4. The number of nitrogens with zero attached hydrogens (tertiary/aromatic N) is 6. The number of hydrogen-bond donors (Lipinski definition) is 0. The molecule has 0 aliphatic heterocycles. The molecule has 0 saturated carbocycles. The van der Waals surface area contributed by atoms with Gasteiger partial charge in [0.25, 0.3) is 5.91 Å². The third kappa shape index (κ3) is 4.16. The number of benzene rings is 2. The Morgan fingerprint density at radius 1 is 1.03 bits per heavy atom. The lowest BCUT2D eigenvalue weighted by atomic mass is 10.1. The van der Waals surface area contributed by atoms with Crippen molar-refractivity contribution in [1.82, 2.24) is 29.3 Å². The Morgan fingerprint density at radius 3 is 2.59 bits per heavy atom. The van der Waals surface area contributed by atoms with E-state index in [-0.39, 0.29) is 5.91 Å². The van der Waals surface area contributed by atoms with Crippen molar-refractivity contribution in [3.63, 3.8) is 0 Å². The predicted molar refractivity (Wildman–Crippen MR) is 133 cm³/mol. The van der Waals surface area contributed by atoms with Crippen LogP contribution < -0.4 is 0 Å². The zero-order chi connectivity index (χ0) is 23.8. The highest BCUT2D eigenvalue weighted by atomic mass is 35.5. The summed E-state index contributed by atoms with van der Waals surface area (Å²) in [4.78, 5) is 18.8. The van der Waals surface area contributed by atoms with Gasteiger partial charge in [0.1, 0.15) is 17.0 Å². The molecule has 170 valence electrons. The fourth-order valence-corrected chi connectivity index (χ4v) is 4.12. The number of aromatic nitrogens is 5. The SMILES string of the molecule is CN(C)C(=O)c1cc(Cn2cc(-c3c(-c4ccc(Cl)cc4)nc4ccccn34)nn2)ccc1Cl. The van der Waals surface area contributed by atoms with Crippen LogP contribution in [0.15, 0.2) is 73.1 Å². The highest BCUT2D eigenvalue weighted by Crippen LogP contribution is 2.32. The van der Waals surface area contributed by atoms with Crippen LogP contribution in [0.5, 0.6) is 0 Å². The molecule has 7 nitrogen and oxygen atoms in total. The average Bonchev–Trinajstić information content (AvgIpc) is 3.44. The van der Waals surface area contributed by atoms with Crippen LogP contribution in [0.1, 0.15) is 15.9 Å². The smallest absolute Gasteiger partial charge is 0.254 e. The van der Waals surface area contributed by atoms with Gasteiger partial charge in [-0.3, -0.25) is 9.20 Å². The van der Waals surface area contributed by atoms with Crippen LogP contribution >= 0.6 is 23.2 Å². The van der Waals surface area contributed by atoms with Gasteiger partial charge < -0.3 is 4.90 Å². The van der Waals surface area contributed by atoms with Gasteiger partial charge in [0.05, 0.1) is 29.0 Å². The Morgan fingerprint density at radius 2 is 1.82 bits per heavy atom. The van der Waals surface area contributed by atoms with Crippen LogP contribution in [-0.2, 0) is 6.54 Å². The Labute approximate surface area is 206 Å². The second kappa shape index (κ2) is 8.93. The molecule has 0 N–H and O–H groups in total. The maximum absolute atomic E-state index is 12.4. The largest absolute Gasteiger partial charge is 0.345 e. The van der Waals surface area contributed by atoms with Crippen LogP contribution in [0.2, 0.25) is 10.0 Å². The van der Waals surface area contributed by atoms with Crippen molar-refractivity contribution in [3.05, 3.63) is 94.2 Å². The van der Waals surface area contributed by atoms with E-state index in [0.29, 0.717) is 27.8 Å². The topological polar surface area (TPSA) is 68.3 Å². The number of carbonyl (C=O) groups excluding carboxylic acids is 1. The zero-order valence-electron chi connectivity index (χ0n) is 18.5. The molecule has 3 aromatic heterocycles. The molecule has 5 rings (SSSR count). The first-order chi connectivity index (χ1) is 16.4. The van der Waals surface area contributed by atoms with E-state index < -0.39 is 0 Å². The Bertz CT molecular complexity index is 1500. The summed E-state index contributed by atoms with van der Waals surface area (Å²) in [6.07, 6.45) is 3.83. The number of fused-ring (bicyclic) bond motifs is 1. The zero-order valence-corrected chi connectivity index (χ0v) is 20.0. The molecular weight excluding hydrogens is 471 g/mol. The average molecular weight is 491 g/mol. The molecule has 0 spiro atoms. The lowest BCUT2D eigenvalue weighted by Gasteiger charge is -2.12. The lowest BCUT2D eigenvalue weighted by molar-refractivity contribution is 0.0827. The number of rotatable bonds is 5. The Kier molecular flexibility index (Phi) is 5.81. The number of amides is 1. The van der Waals surface area contributed by atoms with Crippen LogP contribution in [0.25, 0.3) is 28.3 Å². The molecule has 9 heteroatoms. The maximum Gasteiger partial charge on any atom is 0.254 e. The van der Waals surface area contributed by atoms with Crippen LogP contribution in [0.3, 0.4) is 0 Å². The van der Waals surface area contributed by atoms with E-state index >= 15 is 0 Å². The summed E-state index contributed by atoms with van der Waals surface area (Å²) in [7, 11) is 3.40. The van der Waals surface area contributed by atoms with Crippen LogP contribution in [0.4, 0.5) is 0 Å². The molecular formula is C25H20Cl2N6O. The van der Waals surface area contributed by atoms with Crippen LogP contribution in [0, 0.1) is 0 Å². The summed E-state index contributed by atoms with van der Waals surface area (Å²) in [5.41, 5.74) is 5.40. The molecule has 0 bridgehead atoms. The van der Waals surface area contributed by atoms with E-state index in [2.05, 4.69) is 10.3 Å². The normalized spacial score (nSPS) is 11.2. The molecule has 0 unspecified atom stereocenters. The molecule has 0 aliphatic rings. The van der Waals surface area contributed by atoms with Gasteiger partial charge in [0.15, 0.2) is 0 Å². The Balaban J connectivity index is 1.53. The molecule has 0 saturated heterocycles. The number of carbonyl (C=O) groups is 1. The van der Waals surface area contributed by atoms with E-state index in [1.807, 2.05) is 65.3 Å². The summed E-state index contributed by atoms with van der Waals surface area (Å²) in [6, 6.07) is 18.8. The van der Waals surface area contributed by atoms with Crippen molar-refractivity contribution in [1.29, 1.82) is 0 Å². The number of hydrogen-bond acceptors (Lipinski definition) is 4. The minimum atomic E-state index is -0.149. The summed E-state index contributed by atoms with van der Waals surface area (Å²) in [5, 5.41) is 9.85. The van der Waals surface area contributed by atoms with Gasteiger partial charge in [0.2, 0.25) is 0 Å². The molecule has 0 aliphatic carbocycles. The summed E-state index contributed by atoms with van der Waals surface area (Å²) in [6.45, 7) is 0.435. The van der Waals surface area contributed by atoms with E-state index in [0.717, 1.165) is 28.2 Å². The van der Waals surface area contributed by atoms with E-state index in [1.165, 1.54) is 4.90 Å². The lowest BCUT2D eigenvalue weighted by Crippen LogP contribution is -2.22. The second-order valence-corrected chi connectivity index (χ2v) is 8.90. The van der Waals surface area contributed by atoms with Gasteiger partial charge in [0, 0.05) is 30.9 Å². The molecule has 0 fully saturated rings. The summed E-state index contributed by atoms with van der Waals surface area (Å²) < 4.78 is 3.73. The van der Waals surface area contributed by atoms with Gasteiger partial charge in [-0.25, -0.2) is 9.67 Å². The molecule has 3 heterocycles. The molecule has 1 amide bonds. The van der Waals surface area contributed by atoms with E-state index in [4.69, 9.17) is 28.2 Å². The van der Waals surface area contributed by atoms with Crippen molar-refractivity contribution in [2.45, 2.75) is 6.54 Å². The second-order valence-electron chi connectivity index (χ2n) is 8.06. The standard InChI is InChI=1S/C25H20Cl2N6O/c1-31(2)25(34)19-13-16(6-11-20(19)27)14-32-15-21(29-30-32)24-23(17-7-9-18(26)10-8-17)28-22-5-3-4-12-33(22)24/h3-13,15H,14H2,1-2H3. The van der Waals surface area contributed by atoms with Crippen molar-refractivity contribution < 1.29 is 4.79 Å². The predicted octanol–water partition coefficient (Wildman–Crippen LogP) is 5.32. The van der Waals surface area contributed by atoms with Crippen molar-refractivity contribution in [2.75, 3.05) is 14.1 Å². The van der Waals surface area contributed by atoms with Gasteiger partial charge in [-0.2, -0.15) is 0 Å².